The maximum atomic E-state index is 11.2. The number of nitrogens with zero attached hydrogens (tertiary/aromatic N) is 1. The summed E-state index contributed by atoms with van der Waals surface area (Å²) in [7, 11) is 1.42. The van der Waals surface area contributed by atoms with Crippen molar-refractivity contribution in [3.63, 3.8) is 0 Å². The summed E-state index contributed by atoms with van der Waals surface area (Å²) in [5.74, 6) is 0.753. The molecule has 1 rings (SSSR count). The number of esters is 1. The molecular formula is C16H25NO3. The standard InChI is InChI=1S/C16H25NO3/c1-5-17(12-16(18)19-4)9-6-10-20-15-11-13(2)7-8-14(15)3/h7-8,11H,5-6,9-10,12H2,1-4H3. The minimum atomic E-state index is -0.192. The fourth-order valence-electron chi connectivity index (χ4n) is 1.93. The van der Waals surface area contributed by atoms with E-state index in [4.69, 9.17) is 4.74 Å². The molecule has 1 aromatic carbocycles. The van der Waals surface area contributed by atoms with Crippen molar-refractivity contribution in [3.05, 3.63) is 29.3 Å². The first-order valence-electron chi connectivity index (χ1n) is 7.06. The van der Waals surface area contributed by atoms with Crippen LogP contribution in [0.15, 0.2) is 18.2 Å². The number of carbonyl (C=O) groups excluding carboxylic acids is 1. The molecule has 112 valence electrons. The van der Waals surface area contributed by atoms with Gasteiger partial charge in [-0.3, -0.25) is 9.69 Å². The van der Waals surface area contributed by atoms with Crippen LogP contribution < -0.4 is 4.74 Å². The summed E-state index contributed by atoms with van der Waals surface area (Å²) in [5.41, 5.74) is 2.35. The molecule has 0 aliphatic rings. The van der Waals surface area contributed by atoms with Gasteiger partial charge in [0.25, 0.3) is 0 Å². The zero-order valence-corrected chi connectivity index (χ0v) is 12.9. The summed E-state index contributed by atoms with van der Waals surface area (Å²) in [4.78, 5) is 13.3. The minimum Gasteiger partial charge on any atom is -0.493 e. The number of hydrogen-bond donors (Lipinski definition) is 0. The molecule has 0 aliphatic carbocycles. The van der Waals surface area contributed by atoms with E-state index in [0.29, 0.717) is 13.2 Å². The van der Waals surface area contributed by atoms with Crippen LogP contribution in [-0.2, 0) is 9.53 Å². The number of benzene rings is 1. The van der Waals surface area contributed by atoms with Crippen molar-refractivity contribution in [1.29, 1.82) is 0 Å². The highest BCUT2D eigenvalue weighted by molar-refractivity contribution is 5.71. The molecule has 20 heavy (non-hydrogen) atoms. The Morgan fingerprint density at radius 1 is 1.30 bits per heavy atom. The number of aryl methyl sites for hydroxylation is 2. The Balaban J connectivity index is 2.33. The molecule has 0 unspecified atom stereocenters. The molecule has 0 fully saturated rings. The second-order valence-electron chi connectivity index (χ2n) is 4.92. The molecule has 0 spiro atoms. The third-order valence-electron chi connectivity index (χ3n) is 3.25. The Morgan fingerprint density at radius 2 is 2.05 bits per heavy atom. The summed E-state index contributed by atoms with van der Waals surface area (Å²) in [6.45, 7) is 8.80. The molecule has 0 aliphatic heterocycles. The second kappa shape index (κ2) is 8.59. The molecule has 0 heterocycles. The van der Waals surface area contributed by atoms with Gasteiger partial charge in [-0.1, -0.05) is 19.1 Å². The fraction of sp³-hybridized carbons (Fsp3) is 0.562. The lowest BCUT2D eigenvalue weighted by atomic mass is 10.1. The van der Waals surface area contributed by atoms with Crippen LogP contribution in [0.25, 0.3) is 0 Å². The molecule has 0 N–H and O–H groups in total. The molecule has 4 heteroatoms. The van der Waals surface area contributed by atoms with Crippen molar-refractivity contribution in [2.45, 2.75) is 27.2 Å². The van der Waals surface area contributed by atoms with Crippen molar-refractivity contribution in [3.8, 4) is 5.75 Å². The van der Waals surface area contributed by atoms with Gasteiger partial charge in [-0.2, -0.15) is 0 Å². The molecule has 0 saturated heterocycles. The summed E-state index contributed by atoms with van der Waals surface area (Å²) < 4.78 is 10.5. The number of likely N-dealkylation sites (N-methyl/N-ethyl adjacent to an activating group) is 1. The van der Waals surface area contributed by atoms with E-state index >= 15 is 0 Å². The highest BCUT2D eigenvalue weighted by Gasteiger charge is 2.08. The van der Waals surface area contributed by atoms with Gasteiger partial charge in [-0.15, -0.1) is 0 Å². The molecule has 0 atom stereocenters. The lowest BCUT2D eigenvalue weighted by Gasteiger charge is -2.19. The summed E-state index contributed by atoms with van der Waals surface area (Å²) >= 11 is 0. The second-order valence-corrected chi connectivity index (χ2v) is 4.92. The SMILES string of the molecule is CCN(CCCOc1cc(C)ccc1C)CC(=O)OC. The van der Waals surface area contributed by atoms with E-state index < -0.39 is 0 Å². The number of ether oxygens (including phenoxy) is 2. The normalized spacial score (nSPS) is 10.7. The largest absolute Gasteiger partial charge is 0.493 e. The molecule has 0 saturated carbocycles. The van der Waals surface area contributed by atoms with E-state index in [1.165, 1.54) is 12.7 Å². The quantitative estimate of drug-likeness (QED) is 0.541. The van der Waals surface area contributed by atoms with Crippen molar-refractivity contribution in [1.82, 2.24) is 4.90 Å². The van der Waals surface area contributed by atoms with E-state index in [2.05, 4.69) is 34.8 Å². The molecule has 0 amide bonds. The van der Waals surface area contributed by atoms with Crippen LogP contribution in [-0.4, -0.2) is 44.2 Å². The highest BCUT2D eigenvalue weighted by Crippen LogP contribution is 2.19. The van der Waals surface area contributed by atoms with Crippen molar-refractivity contribution in [2.24, 2.45) is 0 Å². The van der Waals surface area contributed by atoms with Crippen LogP contribution in [0.2, 0.25) is 0 Å². The fourth-order valence-corrected chi connectivity index (χ4v) is 1.93. The van der Waals surface area contributed by atoms with Crippen LogP contribution in [0, 0.1) is 13.8 Å². The van der Waals surface area contributed by atoms with Crippen molar-refractivity contribution >= 4 is 5.97 Å². The Bertz CT molecular complexity index is 432. The first-order chi connectivity index (χ1) is 9.56. The van der Waals surface area contributed by atoms with Gasteiger partial charge >= 0.3 is 5.97 Å². The molecule has 0 bridgehead atoms. The van der Waals surface area contributed by atoms with Gasteiger partial charge < -0.3 is 9.47 Å². The van der Waals surface area contributed by atoms with E-state index in [1.54, 1.807) is 0 Å². The minimum absolute atomic E-state index is 0.192. The van der Waals surface area contributed by atoms with E-state index in [-0.39, 0.29) is 5.97 Å². The number of hydrogen-bond acceptors (Lipinski definition) is 4. The third kappa shape index (κ3) is 5.61. The predicted molar refractivity (Wildman–Crippen MR) is 80.2 cm³/mol. The molecular weight excluding hydrogens is 254 g/mol. The average Bonchev–Trinajstić information content (AvgIpc) is 2.45. The molecule has 0 aromatic heterocycles. The van der Waals surface area contributed by atoms with Gasteiger partial charge in [0, 0.05) is 6.54 Å². The maximum Gasteiger partial charge on any atom is 0.319 e. The molecule has 1 aromatic rings. The first kappa shape index (κ1) is 16.5. The van der Waals surface area contributed by atoms with Gasteiger partial charge in [-0.05, 0) is 44.0 Å². The van der Waals surface area contributed by atoms with Crippen LogP contribution in [0.5, 0.6) is 5.75 Å². The van der Waals surface area contributed by atoms with Crippen LogP contribution in [0.4, 0.5) is 0 Å². The van der Waals surface area contributed by atoms with Gasteiger partial charge in [0.2, 0.25) is 0 Å². The van der Waals surface area contributed by atoms with E-state index in [1.807, 2.05) is 13.8 Å². The van der Waals surface area contributed by atoms with Crippen LogP contribution >= 0.6 is 0 Å². The lowest BCUT2D eigenvalue weighted by Crippen LogP contribution is -2.32. The van der Waals surface area contributed by atoms with Crippen LogP contribution in [0.1, 0.15) is 24.5 Å². The Hall–Kier alpha value is -1.55. The third-order valence-corrected chi connectivity index (χ3v) is 3.25. The Kier molecular flexibility index (Phi) is 7.09. The number of rotatable bonds is 8. The van der Waals surface area contributed by atoms with Gasteiger partial charge in [0.15, 0.2) is 0 Å². The van der Waals surface area contributed by atoms with E-state index in [0.717, 1.165) is 30.8 Å². The lowest BCUT2D eigenvalue weighted by molar-refractivity contribution is -0.141. The van der Waals surface area contributed by atoms with Crippen LogP contribution in [0.3, 0.4) is 0 Å². The zero-order chi connectivity index (χ0) is 15.0. The van der Waals surface area contributed by atoms with E-state index in [9.17, 15) is 4.79 Å². The van der Waals surface area contributed by atoms with Crippen molar-refractivity contribution < 1.29 is 14.3 Å². The number of methoxy groups -OCH3 is 1. The first-order valence-corrected chi connectivity index (χ1v) is 7.06. The Morgan fingerprint density at radius 3 is 2.70 bits per heavy atom. The van der Waals surface area contributed by atoms with Gasteiger partial charge in [-0.25, -0.2) is 0 Å². The average molecular weight is 279 g/mol. The summed E-state index contributed by atoms with van der Waals surface area (Å²) in [6, 6.07) is 6.21. The zero-order valence-electron chi connectivity index (χ0n) is 12.9. The summed E-state index contributed by atoms with van der Waals surface area (Å²) in [6.07, 6.45) is 0.887. The predicted octanol–water partition coefficient (Wildman–Crippen LogP) is 2.57. The van der Waals surface area contributed by atoms with Gasteiger partial charge in [0.1, 0.15) is 5.75 Å². The molecule has 0 radical (unpaired) electrons. The smallest absolute Gasteiger partial charge is 0.319 e. The Labute approximate surface area is 121 Å². The van der Waals surface area contributed by atoms with Crippen molar-refractivity contribution in [2.75, 3.05) is 33.4 Å². The monoisotopic (exact) mass is 279 g/mol. The molecule has 4 nitrogen and oxygen atoms in total. The highest BCUT2D eigenvalue weighted by atomic mass is 16.5. The number of carbonyl (C=O) groups is 1. The van der Waals surface area contributed by atoms with Gasteiger partial charge in [0.05, 0.1) is 20.3 Å². The topological polar surface area (TPSA) is 38.8 Å². The summed E-state index contributed by atoms with van der Waals surface area (Å²) in [5, 5.41) is 0. The maximum absolute atomic E-state index is 11.2.